The normalized spacial score (nSPS) is 14.6. The van der Waals surface area contributed by atoms with Gasteiger partial charge >= 0.3 is 0 Å². The molecular weight excluding hydrogens is 395 g/mol. The van der Waals surface area contributed by atoms with Crippen LogP contribution in [-0.2, 0) is 14.8 Å². The molecule has 2 heterocycles. The van der Waals surface area contributed by atoms with Crippen molar-refractivity contribution in [2.24, 2.45) is 0 Å². The number of rotatable bonds is 5. The lowest BCUT2D eigenvalue weighted by atomic mass is 10.1. The van der Waals surface area contributed by atoms with Crippen molar-refractivity contribution in [1.82, 2.24) is 10.2 Å². The van der Waals surface area contributed by atoms with Crippen molar-refractivity contribution >= 4 is 21.5 Å². The lowest BCUT2D eigenvalue weighted by molar-refractivity contribution is 0.122. The lowest BCUT2D eigenvalue weighted by Crippen LogP contribution is -2.36. The van der Waals surface area contributed by atoms with Crippen LogP contribution in [0, 0.1) is 5.82 Å². The van der Waals surface area contributed by atoms with Crippen LogP contribution in [0.5, 0.6) is 0 Å². The maximum absolute atomic E-state index is 13.3. The average Bonchev–Trinajstić information content (AvgIpc) is 2.75. The van der Waals surface area contributed by atoms with Gasteiger partial charge in [-0.15, -0.1) is 10.2 Å². The standard InChI is InChI=1S/C20H19FN4O3S/c21-16-2-1-3-18(14-16)29(26,27)24-17-6-4-15(5-7-17)19-8-9-20(23-22-19)25-10-12-28-13-11-25/h1-9,14,24H,10-13H2. The van der Waals surface area contributed by atoms with Crippen LogP contribution in [0.3, 0.4) is 0 Å². The number of aromatic nitrogens is 2. The summed E-state index contributed by atoms with van der Waals surface area (Å²) < 4.78 is 45.9. The minimum absolute atomic E-state index is 0.133. The topological polar surface area (TPSA) is 84.4 Å². The Bertz CT molecular complexity index is 1080. The van der Waals surface area contributed by atoms with Gasteiger partial charge in [-0.1, -0.05) is 18.2 Å². The predicted molar refractivity (Wildman–Crippen MR) is 108 cm³/mol. The third-order valence-electron chi connectivity index (χ3n) is 4.52. The SMILES string of the molecule is O=S(=O)(Nc1ccc(-c2ccc(N3CCOCC3)nn2)cc1)c1cccc(F)c1. The molecule has 0 saturated carbocycles. The third-order valence-corrected chi connectivity index (χ3v) is 5.90. The number of anilines is 2. The maximum atomic E-state index is 13.3. The fourth-order valence-corrected chi connectivity index (χ4v) is 4.09. The second-order valence-electron chi connectivity index (χ2n) is 6.52. The molecule has 29 heavy (non-hydrogen) atoms. The summed E-state index contributed by atoms with van der Waals surface area (Å²) in [7, 11) is -3.87. The highest BCUT2D eigenvalue weighted by Gasteiger charge is 2.15. The molecule has 150 valence electrons. The number of hydrogen-bond acceptors (Lipinski definition) is 6. The molecule has 1 aromatic heterocycles. The molecule has 1 fully saturated rings. The van der Waals surface area contributed by atoms with E-state index in [1.807, 2.05) is 12.1 Å². The Labute approximate surface area is 168 Å². The number of hydrogen-bond donors (Lipinski definition) is 1. The number of morpholine rings is 1. The zero-order valence-electron chi connectivity index (χ0n) is 15.5. The second kappa shape index (κ2) is 8.14. The Kier molecular flexibility index (Phi) is 5.41. The minimum atomic E-state index is -3.87. The summed E-state index contributed by atoms with van der Waals surface area (Å²) in [6, 6.07) is 15.4. The zero-order valence-corrected chi connectivity index (χ0v) is 16.3. The molecule has 0 aliphatic carbocycles. The first-order chi connectivity index (χ1) is 14.0. The van der Waals surface area contributed by atoms with Crippen LogP contribution >= 0.6 is 0 Å². The van der Waals surface area contributed by atoms with Gasteiger partial charge in [0.25, 0.3) is 10.0 Å². The molecule has 0 radical (unpaired) electrons. The summed E-state index contributed by atoms with van der Waals surface area (Å²) >= 11 is 0. The average molecular weight is 414 g/mol. The van der Waals surface area contributed by atoms with Gasteiger partial charge in [0.05, 0.1) is 23.8 Å². The molecule has 1 aliphatic heterocycles. The Morgan fingerprint density at radius 2 is 1.72 bits per heavy atom. The Morgan fingerprint density at radius 1 is 0.966 bits per heavy atom. The van der Waals surface area contributed by atoms with Gasteiger partial charge in [0.15, 0.2) is 5.82 Å². The summed E-state index contributed by atoms with van der Waals surface area (Å²) in [5.74, 6) is 0.193. The van der Waals surface area contributed by atoms with E-state index in [0.717, 1.165) is 30.5 Å². The Hall–Kier alpha value is -3.04. The first-order valence-electron chi connectivity index (χ1n) is 9.06. The van der Waals surface area contributed by atoms with E-state index in [9.17, 15) is 12.8 Å². The van der Waals surface area contributed by atoms with Crippen molar-refractivity contribution in [2.45, 2.75) is 4.90 Å². The van der Waals surface area contributed by atoms with Crippen LogP contribution in [0.4, 0.5) is 15.9 Å². The molecule has 4 rings (SSSR count). The lowest BCUT2D eigenvalue weighted by Gasteiger charge is -2.27. The first-order valence-corrected chi connectivity index (χ1v) is 10.5. The molecule has 0 atom stereocenters. The molecule has 0 unspecified atom stereocenters. The second-order valence-corrected chi connectivity index (χ2v) is 8.20. The molecule has 0 amide bonds. The summed E-state index contributed by atoms with van der Waals surface area (Å²) in [6.45, 7) is 2.93. The van der Waals surface area contributed by atoms with Crippen molar-refractivity contribution < 1.29 is 17.5 Å². The quantitative estimate of drug-likeness (QED) is 0.691. The van der Waals surface area contributed by atoms with Gasteiger partial charge in [-0.3, -0.25) is 4.72 Å². The highest BCUT2D eigenvalue weighted by Crippen LogP contribution is 2.23. The highest BCUT2D eigenvalue weighted by molar-refractivity contribution is 7.92. The van der Waals surface area contributed by atoms with E-state index in [1.54, 1.807) is 24.3 Å². The van der Waals surface area contributed by atoms with E-state index in [1.165, 1.54) is 18.2 Å². The van der Waals surface area contributed by atoms with Gasteiger partial charge in [0.2, 0.25) is 0 Å². The number of halogens is 1. The van der Waals surface area contributed by atoms with Crippen LogP contribution in [0.1, 0.15) is 0 Å². The number of sulfonamides is 1. The van der Waals surface area contributed by atoms with Crippen molar-refractivity contribution in [3.8, 4) is 11.3 Å². The van der Waals surface area contributed by atoms with E-state index in [4.69, 9.17) is 4.74 Å². The third kappa shape index (κ3) is 4.52. The number of nitrogens with one attached hydrogen (secondary N) is 1. The summed E-state index contributed by atoms with van der Waals surface area (Å²) in [5.41, 5.74) is 1.86. The summed E-state index contributed by atoms with van der Waals surface area (Å²) in [6.07, 6.45) is 0. The molecule has 1 N–H and O–H groups in total. The van der Waals surface area contributed by atoms with E-state index in [0.29, 0.717) is 24.6 Å². The first kappa shape index (κ1) is 19.3. The number of benzene rings is 2. The van der Waals surface area contributed by atoms with Crippen molar-refractivity contribution in [3.05, 3.63) is 66.5 Å². The van der Waals surface area contributed by atoms with Crippen molar-refractivity contribution in [1.29, 1.82) is 0 Å². The molecule has 7 nitrogen and oxygen atoms in total. The molecule has 0 bridgehead atoms. The molecular formula is C20H19FN4O3S. The van der Waals surface area contributed by atoms with Crippen LogP contribution in [0.15, 0.2) is 65.6 Å². The number of nitrogens with zero attached hydrogens (tertiary/aromatic N) is 3. The minimum Gasteiger partial charge on any atom is -0.378 e. The van der Waals surface area contributed by atoms with Crippen molar-refractivity contribution in [2.75, 3.05) is 35.9 Å². The summed E-state index contributed by atoms with van der Waals surface area (Å²) in [4.78, 5) is 1.98. The molecule has 3 aromatic rings. The fraction of sp³-hybridized carbons (Fsp3) is 0.200. The van der Waals surface area contributed by atoms with Gasteiger partial charge in [0, 0.05) is 24.3 Å². The van der Waals surface area contributed by atoms with Gasteiger partial charge in [0.1, 0.15) is 5.82 Å². The van der Waals surface area contributed by atoms with Gasteiger partial charge < -0.3 is 9.64 Å². The largest absolute Gasteiger partial charge is 0.378 e. The van der Waals surface area contributed by atoms with E-state index in [2.05, 4.69) is 19.8 Å². The molecule has 2 aromatic carbocycles. The molecule has 1 aliphatic rings. The van der Waals surface area contributed by atoms with E-state index < -0.39 is 15.8 Å². The van der Waals surface area contributed by atoms with Crippen LogP contribution in [0.25, 0.3) is 11.3 Å². The van der Waals surface area contributed by atoms with Gasteiger partial charge in [-0.25, -0.2) is 12.8 Å². The molecule has 9 heteroatoms. The number of ether oxygens (including phenoxy) is 1. The van der Waals surface area contributed by atoms with Gasteiger partial charge in [-0.2, -0.15) is 0 Å². The molecule has 0 spiro atoms. The van der Waals surface area contributed by atoms with Crippen molar-refractivity contribution in [3.63, 3.8) is 0 Å². The van der Waals surface area contributed by atoms with Gasteiger partial charge in [-0.05, 0) is 42.5 Å². The van der Waals surface area contributed by atoms with E-state index in [-0.39, 0.29) is 4.90 Å². The molecule has 1 saturated heterocycles. The van der Waals surface area contributed by atoms with Crippen LogP contribution in [0.2, 0.25) is 0 Å². The monoisotopic (exact) mass is 414 g/mol. The van der Waals surface area contributed by atoms with Crippen LogP contribution < -0.4 is 9.62 Å². The summed E-state index contributed by atoms with van der Waals surface area (Å²) in [5, 5.41) is 8.55. The van der Waals surface area contributed by atoms with E-state index >= 15 is 0 Å². The fourth-order valence-electron chi connectivity index (χ4n) is 3.00. The maximum Gasteiger partial charge on any atom is 0.261 e. The zero-order chi connectivity index (χ0) is 20.3. The highest BCUT2D eigenvalue weighted by atomic mass is 32.2. The smallest absolute Gasteiger partial charge is 0.261 e. The van der Waals surface area contributed by atoms with Crippen LogP contribution in [-0.4, -0.2) is 44.9 Å². The predicted octanol–water partition coefficient (Wildman–Crippen LogP) is 2.92. The Morgan fingerprint density at radius 3 is 2.38 bits per heavy atom. The Balaban J connectivity index is 1.47.